The molecule has 0 fully saturated rings. The Hall–Kier alpha value is -0.140. The zero-order valence-corrected chi connectivity index (χ0v) is 13.4. The topological polar surface area (TPSA) is 0 Å². The van der Waals surface area contributed by atoms with Crippen LogP contribution in [0.5, 0.6) is 0 Å². The molecule has 1 unspecified atom stereocenters. The van der Waals surface area contributed by atoms with E-state index in [4.69, 9.17) is 10.7 Å². The maximum Gasteiger partial charge on any atom is 0.00299 e. The highest BCUT2D eigenvalue weighted by molar-refractivity contribution is 8.51. The lowest BCUT2D eigenvalue weighted by atomic mass is 10.1. The summed E-state index contributed by atoms with van der Waals surface area (Å²) in [5, 5.41) is 0. The van der Waals surface area contributed by atoms with Gasteiger partial charge in [0.15, 0.2) is 0 Å². The summed E-state index contributed by atoms with van der Waals surface area (Å²) < 4.78 is 0. The molecule has 0 nitrogen and oxygen atoms in total. The molecule has 0 heterocycles. The van der Waals surface area contributed by atoms with Gasteiger partial charge in [-0.2, -0.15) is 0 Å². The molecule has 2 heteroatoms. The normalized spacial score (nSPS) is 16.2. The third-order valence-corrected chi connectivity index (χ3v) is 8.06. The van der Waals surface area contributed by atoms with Crippen LogP contribution in [-0.2, 0) is 0 Å². The second-order valence-corrected chi connectivity index (χ2v) is 9.67. The Labute approximate surface area is 119 Å². The second kappa shape index (κ2) is 8.87. The summed E-state index contributed by atoms with van der Waals surface area (Å²) in [5.41, 5.74) is 0. The zero-order chi connectivity index (χ0) is 13.3. The van der Waals surface area contributed by atoms with Gasteiger partial charge in [0, 0.05) is 4.90 Å². The van der Waals surface area contributed by atoms with Crippen LogP contribution in [0.4, 0.5) is 0 Å². The molecule has 18 heavy (non-hydrogen) atoms. The van der Waals surface area contributed by atoms with Crippen LogP contribution >= 0.6 is 19.9 Å². The predicted octanol–water partition coefficient (Wildman–Crippen LogP) is 6.38. The summed E-state index contributed by atoms with van der Waals surface area (Å²) in [6.45, 7) is 4.49. The van der Waals surface area contributed by atoms with Gasteiger partial charge < -0.3 is 0 Å². The molecule has 1 aromatic rings. The van der Waals surface area contributed by atoms with Crippen molar-refractivity contribution in [2.45, 2.75) is 57.3 Å². The van der Waals surface area contributed by atoms with E-state index in [1.165, 1.54) is 49.2 Å². The highest BCUT2D eigenvalue weighted by atomic mass is 35.7. The molecular formula is C16H27ClS. The van der Waals surface area contributed by atoms with Crippen LogP contribution in [0.3, 0.4) is 0 Å². The summed E-state index contributed by atoms with van der Waals surface area (Å²) in [6.07, 6.45) is 8.09. The van der Waals surface area contributed by atoms with Gasteiger partial charge in [0.25, 0.3) is 0 Å². The number of unbranched alkanes of at least 4 members (excludes halogenated alkanes) is 5. The number of benzene rings is 1. The Morgan fingerprint density at radius 1 is 0.889 bits per heavy atom. The van der Waals surface area contributed by atoms with E-state index in [0.29, 0.717) is 0 Å². The van der Waals surface area contributed by atoms with Crippen molar-refractivity contribution in [2.75, 3.05) is 11.5 Å². The van der Waals surface area contributed by atoms with Gasteiger partial charge in [0.2, 0.25) is 0 Å². The smallest absolute Gasteiger partial charge is 0.00299 e. The summed E-state index contributed by atoms with van der Waals surface area (Å²) >= 11 is 0. The standard InChI is InChI=1S/C16H27ClS/c1-3-5-6-7-8-12-15-18(17,4-2)16-13-10-9-11-14-16/h9-11,13-14H,3-8,12,15H2,1-2H3. The minimum absolute atomic E-state index is 1.08. The Morgan fingerprint density at radius 3 is 2.11 bits per heavy atom. The molecule has 0 aliphatic carbocycles. The minimum Gasteiger partial charge on any atom is -0.136 e. The van der Waals surface area contributed by atoms with Crippen molar-refractivity contribution in [1.29, 1.82) is 0 Å². The molecular weight excluding hydrogens is 260 g/mol. The minimum atomic E-state index is -1.08. The highest BCUT2D eigenvalue weighted by Crippen LogP contribution is 2.60. The summed E-state index contributed by atoms with van der Waals surface area (Å²) in [6, 6.07) is 10.7. The van der Waals surface area contributed by atoms with E-state index >= 15 is 0 Å². The Balaban J connectivity index is 2.37. The van der Waals surface area contributed by atoms with E-state index in [2.05, 4.69) is 44.2 Å². The molecule has 0 aliphatic heterocycles. The fourth-order valence-electron chi connectivity index (χ4n) is 2.20. The van der Waals surface area contributed by atoms with E-state index in [1.807, 2.05) is 0 Å². The molecule has 0 aromatic heterocycles. The lowest BCUT2D eigenvalue weighted by Crippen LogP contribution is -2.02. The second-order valence-electron chi connectivity index (χ2n) is 4.86. The molecule has 0 bridgehead atoms. The SMILES string of the molecule is CCCCCCCCS(Cl)(CC)c1ccccc1. The highest BCUT2D eigenvalue weighted by Gasteiger charge is 2.20. The third kappa shape index (κ3) is 5.24. The van der Waals surface area contributed by atoms with Gasteiger partial charge in [-0.1, -0.05) is 74.8 Å². The average Bonchev–Trinajstić information content (AvgIpc) is 2.43. The number of halogens is 1. The van der Waals surface area contributed by atoms with Crippen molar-refractivity contribution in [3.8, 4) is 0 Å². The molecule has 0 radical (unpaired) electrons. The number of rotatable bonds is 9. The summed E-state index contributed by atoms with van der Waals surface area (Å²) in [4.78, 5) is 1.36. The molecule has 1 rings (SSSR count). The lowest BCUT2D eigenvalue weighted by Gasteiger charge is -2.32. The molecule has 0 N–H and O–H groups in total. The lowest BCUT2D eigenvalue weighted by molar-refractivity contribution is 0.626. The van der Waals surface area contributed by atoms with Crippen LogP contribution in [-0.4, -0.2) is 11.5 Å². The van der Waals surface area contributed by atoms with E-state index in [-0.39, 0.29) is 0 Å². The molecule has 104 valence electrons. The Bertz CT molecular complexity index is 312. The monoisotopic (exact) mass is 286 g/mol. The first-order valence-electron chi connectivity index (χ1n) is 7.26. The van der Waals surface area contributed by atoms with Gasteiger partial charge in [-0.25, -0.2) is 0 Å². The van der Waals surface area contributed by atoms with Crippen molar-refractivity contribution in [3.63, 3.8) is 0 Å². The van der Waals surface area contributed by atoms with Crippen molar-refractivity contribution < 1.29 is 0 Å². The zero-order valence-electron chi connectivity index (χ0n) is 11.8. The van der Waals surface area contributed by atoms with Gasteiger partial charge in [0.1, 0.15) is 0 Å². The molecule has 1 aromatic carbocycles. The van der Waals surface area contributed by atoms with Crippen LogP contribution in [0, 0.1) is 0 Å². The summed E-state index contributed by atoms with van der Waals surface area (Å²) in [7, 11) is 5.80. The van der Waals surface area contributed by atoms with Crippen LogP contribution in [0.25, 0.3) is 0 Å². The van der Waals surface area contributed by atoms with Crippen molar-refractivity contribution in [1.82, 2.24) is 0 Å². The van der Waals surface area contributed by atoms with Crippen LogP contribution < -0.4 is 0 Å². The van der Waals surface area contributed by atoms with E-state index in [1.54, 1.807) is 0 Å². The molecule has 0 amide bonds. The first kappa shape index (κ1) is 15.9. The van der Waals surface area contributed by atoms with Crippen molar-refractivity contribution in [3.05, 3.63) is 30.3 Å². The molecule has 1 atom stereocenters. The third-order valence-electron chi connectivity index (χ3n) is 3.44. The van der Waals surface area contributed by atoms with Crippen molar-refractivity contribution in [2.24, 2.45) is 0 Å². The van der Waals surface area contributed by atoms with E-state index in [0.717, 1.165) is 5.75 Å². The summed E-state index contributed by atoms with van der Waals surface area (Å²) in [5.74, 6) is 2.27. The van der Waals surface area contributed by atoms with E-state index < -0.39 is 9.24 Å². The molecule has 0 aliphatic rings. The Morgan fingerprint density at radius 2 is 1.50 bits per heavy atom. The predicted molar refractivity (Wildman–Crippen MR) is 86.9 cm³/mol. The van der Waals surface area contributed by atoms with Crippen LogP contribution in [0.1, 0.15) is 52.4 Å². The van der Waals surface area contributed by atoms with E-state index in [9.17, 15) is 0 Å². The maximum atomic E-state index is 6.87. The first-order valence-corrected chi connectivity index (χ1v) is 10.1. The number of hydrogen-bond acceptors (Lipinski definition) is 0. The quantitative estimate of drug-likeness (QED) is 0.462. The largest absolute Gasteiger partial charge is 0.136 e. The van der Waals surface area contributed by atoms with Crippen molar-refractivity contribution >= 4 is 19.9 Å². The molecule has 0 spiro atoms. The van der Waals surface area contributed by atoms with Gasteiger partial charge in [-0.15, -0.1) is 9.24 Å². The van der Waals surface area contributed by atoms with Gasteiger partial charge >= 0.3 is 0 Å². The maximum absolute atomic E-state index is 6.87. The van der Waals surface area contributed by atoms with Gasteiger partial charge in [-0.05, 0) is 30.1 Å². The fourth-order valence-corrected chi connectivity index (χ4v) is 5.00. The Kier molecular flexibility index (Phi) is 7.85. The average molecular weight is 287 g/mol. The first-order chi connectivity index (χ1) is 8.73. The fraction of sp³-hybridized carbons (Fsp3) is 0.625. The molecule has 0 saturated carbocycles. The molecule has 0 saturated heterocycles. The van der Waals surface area contributed by atoms with Gasteiger partial charge in [-0.3, -0.25) is 0 Å². The van der Waals surface area contributed by atoms with Gasteiger partial charge in [0.05, 0.1) is 0 Å². The number of hydrogen-bond donors (Lipinski definition) is 0. The van der Waals surface area contributed by atoms with Crippen LogP contribution in [0.15, 0.2) is 35.2 Å². The van der Waals surface area contributed by atoms with Crippen LogP contribution in [0.2, 0.25) is 0 Å².